The van der Waals surface area contributed by atoms with E-state index in [4.69, 9.17) is 10.7 Å². The molecular formula is C15H27Cl2N3OS. The molecule has 1 unspecified atom stereocenters. The van der Waals surface area contributed by atoms with E-state index >= 15 is 0 Å². The molecule has 1 aromatic rings. The van der Waals surface area contributed by atoms with E-state index in [1.54, 1.807) is 11.3 Å². The summed E-state index contributed by atoms with van der Waals surface area (Å²) >= 11 is 1.75. The maximum absolute atomic E-state index is 12.1. The van der Waals surface area contributed by atoms with Crippen LogP contribution in [0.3, 0.4) is 0 Å². The van der Waals surface area contributed by atoms with Gasteiger partial charge in [-0.1, -0.05) is 13.8 Å². The summed E-state index contributed by atoms with van der Waals surface area (Å²) in [4.78, 5) is 18.9. The standard InChI is InChI=1S/C15H25N3OS.2ClH/c1-11(2)13-10-20-15(17-13)12-5-4-8-18(9-12)14(19)6-3-7-16;;/h10-12H,3-9,16H2,1-2H3;2*1H. The van der Waals surface area contributed by atoms with Gasteiger partial charge >= 0.3 is 0 Å². The van der Waals surface area contributed by atoms with Gasteiger partial charge in [0.2, 0.25) is 5.91 Å². The molecule has 1 amide bonds. The molecule has 22 heavy (non-hydrogen) atoms. The minimum Gasteiger partial charge on any atom is -0.342 e. The van der Waals surface area contributed by atoms with Crippen molar-refractivity contribution >= 4 is 42.1 Å². The van der Waals surface area contributed by atoms with Crippen molar-refractivity contribution in [2.45, 2.75) is 51.4 Å². The number of carbonyl (C=O) groups is 1. The lowest BCUT2D eigenvalue weighted by Gasteiger charge is -2.32. The van der Waals surface area contributed by atoms with Crippen molar-refractivity contribution < 1.29 is 4.79 Å². The van der Waals surface area contributed by atoms with Crippen LogP contribution >= 0.6 is 36.2 Å². The van der Waals surface area contributed by atoms with Gasteiger partial charge in [0.05, 0.1) is 10.7 Å². The Labute approximate surface area is 149 Å². The number of thiazole rings is 1. The molecule has 2 rings (SSSR count). The lowest BCUT2D eigenvalue weighted by molar-refractivity contribution is -0.132. The summed E-state index contributed by atoms with van der Waals surface area (Å²) in [7, 11) is 0. The predicted molar refractivity (Wildman–Crippen MR) is 97.5 cm³/mol. The summed E-state index contributed by atoms with van der Waals surface area (Å²) in [6.45, 7) is 6.65. The summed E-state index contributed by atoms with van der Waals surface area (Å²) < 4.78 is 0. The highest BCUT2D eigenvalue weighted by Gasteiger charge is 2.26. The topological polar surface area (TPSA) is 59.2 Å². The summed E-state index contributed by atoms with van der Waals surface area (Å²) in [6.07, 6.45) is 3.59. The van der Waals surface area contributed by atoms with Crippen LogP contribution in [0.2, 0.25) is 0 Å². The second-order valence-electron chi connectivity index (χ2n) is 5.84. The number of hydrogen-bond donors (Lipinski definition) is 1. The van der Waals surface area contributed by atoms with E-state index in [-0.39, 0.29) is 30.7 Å². The van der Waals surface area contributed by atoms with Gasteiger partial charge in [-0.3, -0.25) is 4.79 Å². The van der Waals surface area contributed by atoms with E-state index in [9.17, 15) is 4.79 Å². The van der Waals surface area contributed by atoms with E-state index in [1.165, 1.54) is 10.7 Å². The summed E-state index contributed by atoms with van der Waals surface area (Å²) in [5.74, 6) is 1.15. The average Bonchev–Trinajstić information content (AvgIpc) is 2.95. The first-order chi connectivity index (χ1) is 9.61. The zero-order valence-corrected chi connectivity index (χ0v) is 15.7. The van der Waals surface area contributed by atoms with Crippen molar-refractivity contribution in [3.05, 3.63) is 16.1 Å². The molecule has 0 spiro atoms. The van der Waals surface area contributed by atoms with E-state index in [0.29, 0.717) is 24.8 Å². The molecular weight excluding hydrogens is 341 g/mol. The number of piperidine rings is 1. The van der Waals surface area contributed by atoms with Crippen LogP contribution in [0.5, 0.6) is 0 Å². The first-order valence-corrected chi connectivity index (χ1v) is 8.43. The monoisotopic (exact) mass is 367 g/mol. The lowest BCUT2D eigenvalue weighted by atomic mass is 9.98. The molecule has 2 N–H and O–H groups in total. The van der Waals surface area contributed by atoms with Crippen molar-refractivity contribution in [2.24, 2.45) is 5.73 Å². The number of carbonyl (C=O) groups excluding carboxylic acids is 1. The van der Waals surface area contributed by atoms with E-state index in [1.807, 2.05) is 4.90 Å². The Morgan fingerprint density at radius 1 is 1.50 bits per heavy atom. The highest BCUT2D eigenvalue weighted by molar-refractivity contribution is 7.09. The molecule has 1 aromatic heterocycles. The Morgan fingerprint density at radius 3 is 2.82 bits per heavy atom. The second kappa shape index (κ2) is 10.4. The molecule has 0 aliphatic carbocycles. The van der Waals surface area contributed by atoms with E-state index < -0.39 is 0 Å². The Hall–Kier alpha value is -0.360. The van der Waals surface area contributed by atoms with Crippen molar-refractivity contribution in [2.75, 3.05) is 19.6 Å². The fourth-order valence-electron chi connectivity index (χ4n) is 2.57. The van der Waals surface area contributed by atoms with Crippen molar-refractivity contribution in [3.63, 3.8) is 0 Å². The van der Waals surface area contributed by atoms with Crippen LogP contribution in [-0.4, -0.2) is 35.4 Å². The minimum atomic E-state index is 0. The average molecular weight is 368 g/mol. The molecule has 4 nitrogen and oxygen atoms in total. The highest BCUT2D eigenvalue weighted by Crippen LogP contribution is 2.31. The van der Waals surface area contributed by atoms with Crippen LogP contribution in [0.15, 0.2) is 5.38 Å². The third-order valence-corrected chi connectivity index (χ3v) is 4.87. The van der Waals surface area contributed by atoms with Gasteiger partial charge in [-0.05, 0) is 31.7 Å². The summed E-state index contributed by atoms with van der Waals surface area (Å²) in [5.41, 5.74) is 6.65. The number of nitrogens with zero attached hydrogens (tertiary/aromatic N) is 2. The maximum atomic E-state index is 12.1. The Morgan fingerprint density at radius 2 is 2.23 bits per heavy atom. The zero-order chi connectivity index (χ0) is 14.5. The van der Waals surface area contributed by atoms with E-state index in [0.717, 1.165) is 32.4 Å². The molecule has 0 bridgehead atoms. The molecule has 0 aromatic carbocycles. The van der Waals surface area contributed by atoms with Gasteiger partial charge in [0.25, 0.3) is 0 Å². The van der Waals surface area contributed by atoms with Crippen LogP contribution in [0.1, 0.15) is 62.1 Å². The van der Waals surface area contributed by atoms with Crippen LogP contribution in [0, 0.1) is 0 Å². The van der Waals surface area contributed by atoms with Crippen molar-refractivity contribution in [3.8, 4) is 0 Å². The van der Waals surface area contributed by atoms with Crippen molar-refractivity contribution in [1.82, 2.24) is 9.88 Å². The van der Waals surface area contributed by atoms with Gasteiger partial charge in [-0.25, -0.2) is 4.98 Å². The smallest absolute Gasteiger partial charge is 0.222 e. The molecule has 0 saturated carbocycles. The largest absolute Gasteiger partial charge is 0.342 e. The SMILES string of the molecule is CC(C)c1csc(C2CCCN(C(=O)CCCN)C2)n1.Cl.Cl. The highest BCUT2D eigenvalue weighted by atomic mass is 35.5. The van der Waals surface area contributed by atoms with Gasteiger partial charge in [0.15, 0.2) is 0 Å². The predicted octanol–water partition coefficient (Wildman–Crippen LogP) is 3.56. The van der Waals surface area contributed by atoms with Gasteiger partial charge < -0.3 is 10.6 Å². The number of aromatic nitrogens is 1. The van der Waals surface area contributed by atoms with Gasteiger partial charge in [-0.2, -0.15) is 0 Å². The number of amides is 1. The molecule has 1 aliphatic rings. The molecule has 1 atom stereocenters. The normalized spacial score (nSPS) is 17.8. The molecule has 1 aliphatic heterocycles. The number of halogens is 2. The van der Waals surface area contributed by atoms with E-state index in [2.05, 4.69) is 19.2 Å². The Kier molecular flexibility index (Phi) is 10.3. The molecule has 1 saturated heterocycles. The molecule has 1 fully saturated rings. The number of nitrogens with two attached hydrogens (primary N) is 1. The Balaban J connectivity index is 0.00000220. The number of likely N-dealkylation sites (tertiary alicyclic amines) is 1. The van der Waals surface area contributed by atoms with Crippen LogP contribution in [0.4, 0.5) is 0 Å². The van der Waals surface area contributed by atoms with Gasteiger partial charge in [0, 0.05) is 30.8 Å². The first-order valence-electron chi connectivity index (χ1n) is 7.55. The van der Waals surface area contributed by atoms with Crippen LogP contribution < -0.4 is 5.73 Å². The quantitative estimate of drug-likeness (QED) is 0.865. The van der Waals surface area contributed by atoms with Crippen molar-refractivity contribution in [1.29, 1.82) is 0 Å². The fraction of sp³-hybridized carbons (Fsp3) is 0.733. The van der Waals surface area contributed by atoms with Crippen LogP contribution in [-0.2, 0) is 4.79 Å². The minimum absolute atomic E-state index is 0. The number of rotatable bonds is 5. The van der Waals surface area contributed by atoms with Gasteiger partial charge in [-0.15, -0.1) is 36.2 Å². The molecule has 2 heterocycles. The third-order valence-electron chi connectivity index (χ3n) is 3.85. The lowest BCUT2D eigenvalue weighted by Crippen LogP contribution is -2.39. The second-order valence-corrected chi connectivity index (χ2v) is 6.73. The first kappa shape index (κ1) is 21.6. The fourth-order valence-corrected chi connectivity index (χ4v) is 3.68. The Bertz CT molecular complexity index is 454. The third kappa shape index (κ3) is 5.69. The summed E-state index contributed by atoms with van der Waals surface area (Å²) in [5, 5.41) is 3.36. The summed E-state index contributed by atoms with van der Waals surface area (Å²) in [6, 6.07) is 0. The number of hydrogen-bond acceptors (Lipinski definition) is 4. The van der Waals surface area contributed by atoms with Gasteiger partial charge in [0.1, 0.15) is 0 Å². The molecule has 7 heteroatoms. The molecule has 128 valence electrons. The maximum Gasteiger partial charge on any atom is 0.222 e. The molecule has 0 radical (unpaired) electrons. The van der Waals surface area contributed by atoms with Crippen LogP contribution in [0.25, 0.3) is 0 Å². The zero-order valence-electron chi connectivity index (χ0n) is 13.3.